The minimum absolute atomic E-state index is 0.290. The lowest BCUT2D eigenvalue weighted by Crippen LogP contribution is -2.16. The van der Waals surface area contributed by atoms with Gasteiger partial charge in [0.1, 0.15) is 5.75 Å². The summed E-state index contributed by atoms with van der Waals surface area (Å²) in [5.41, 5.74) is 1.18. The van der Waals surface area contributed by atoms with E-state index in [2.05, 4.69) is 27.5 Å². The molecule has 14 heavy (non-hydrogen) atoms. The molecule has 0 heterocycles. The van der Waals surface area contributed by atoms with E-state index in [0.29, 0.717) is 0 Å². The van der Waals surface area contributed by atoms with Crippen LogP contribution in [-0.4, -0.2) is 23.7 Å². The molecular weight excluding hydrogens is 262 g/mol. The Kier molecular flexibility index (Phi) is 5.37. The second kappa shape index (κ2) is 6.32. The van der Waals surface area contributed by atoms with Gasteiger partial charge >= 0.3 is 0 Å². The van der Waals surface area contributed by atoms with E-state index in [0.717, 1.165) is 23.3 Å². The molecule has 0 fully saturated rings. The number of thioether (sulfide) groups is 1. The van der Waals surface area contributed by atoms with Crippen LogP contribution in [0.2, 0.25) is 0 Å². The van der Waals surface area contributed by atoms with E-state index in [1.54, 1.807) is 6.07 Å². The molecule has 0 bridgehead atoms. The van der Waals surface area contributed by atoms with Crippen LogP contribution in [0.25, 0.3) is 0 Å². The average molecular weight is 276 g/mol. The third-order valence-corrected chi connectivity index (χ3v) is 3.07. The van der Waals surface area contributed by atoms with E-state index in [4.69, 9.17) is 0 Å². The van der Waals surface area contributed by atoms with Gasteiger partial charge in [-0.2, -0.15) is 11.8 Å². The molecule has 0 spiro atoms. The number of phenols is 1. The van der Waals surface area contributed by atoms with Crippen molar-refractivity contribution in [1.29, 1.82) is 0 Å². The number of benzene rings is 1. The van der Waals surface area contributed by atoms with Crippen molar-refractivity contribution in [3.63, 3.8) is 0 Å². The summed E-state index contributed by atoms with van der Waals surface area (Å²) >= 11 is 5.12. The topological polar surface area (TPSA) is 32.3 Å². The lowest BCUT2D eigenvalue weighted by molar-refractivity contribution is 0.471. The number of rotatable bonds is 5. The summed E-state index contributed by atoms with van der Waals surface area (Å²) in [7, 11) is 0. The summed E-state index contributed by atoms with van der Waals surface area (Å²) in [6.07, 6.45) is 2.10. The second-order valence-corrected chi connectivity index (χ2v) is 4.80. The molecule has 2 nitrogen and oxygen atoms in total. The van der Waals surface area contributed by atoms with Crippen molar-refractivity contribution in [2.24, 2.45) is 0 Å². The molecule has 2 N–H and O–H groups in total. The number of hydrogen-bond donors (Lipinski definition) is 2. The Bertz CT molecular complexity index is 293. The Morgan fingerprint density at radius 2 is 2.29 bits per heavy atom. The van der Waals surface area contributed by atoms with Crippen LogP contribution in [0.1, 0.15) is 5.56 Å². The maximum absolute atomic E-state index is 9.28. The molecule has 0 aromatic heterocycles. The SMILES string of the molecule is CSCCNCc1ccc(O)c(Br)c1. The molecule has 0 unspecified atom stereocenters. The third kappa shape index (κ3) is 3.90. The predicted molar refractivity (Wildman–Crippen MR) is 65.9 cm³/mol. The van der Waals surface area contributed by atoms with Gasteiger partial charge in [0.05, 0.1) is 4.47 Å². The quantitative estimate of drug-likeness (QED) is 0.811. The van der Waals surface area contributed by atoms with Crippen LogP contribution in [0.3, 0.4) is 0 Å². The van der Waals surface area contributed by atoms with Gasteiger partial charge in [-0.05, 0) is 39.9 Å². The molecule has 0 amide bonds. The minimum Gasteiger partial charge on any atom is -0.507 e. The zero-order chi connectivity index (χ0) is 10.4. The van der Waals surface area contributed by atoms with Gasteiger partial charge in [-0.1, -0.05) is 6.07 Å². The molecule has 78 valence electrons. The highest BCUT2D eigenvalue weighted by Crippen LogP contribution is 2.23. The summed E-state index contributed by atoms with van der Waals surface area (Å²) in [5.74, 6) is 1.41. The zero-order valence-electron chi connectivity index (χ0n) is 8.09. The standard InChI is InChI=1S/C10H14BrNOS/c1-14-5-4-12-7-8-2-3-10(13)9(11)6-8/h2-3,6,12-13H,4-5,7H2,1H3. The van der Waals surface area contributed by atoms with E-state index in [9.17, 15) is 5.11 Å². The molecule has 0 saturated heterocycles. The van der Waals surface area contributed by atoms with Crippen molar-refractivity contribution in [1.82, 2.24) is 5.32 Å². The van der Waals surface area contributed by atoms with Crippen molar-refractivity contribution in [3.05, 3.63) is 28.2 Å². The summed E-state index contributed by atoms with van der Waals surface area (Å²) in [4.78, 5) is 0. The molecule has 0 aliphatic carbocycles. The highest BCUT2D eigenvalue weighted by molar-refractivity contribution is 9.10. The van der Waals surface area contributed by atoms with E-state index >= 15 is 0 Å². The summed E-state index contributed by atoms with van der Waals surface area (Å²) in [5, 5.41) is 12.6. The van der Waals surface area contributed by atoms with Crippen molar-refractivity contribution in [2.45, 2.75) is 6.54 Å². The fourth-order valence-corrected chi connectivity index (χ4v) is 1.84. The lowest BCUT2D eigenvalue weighted by Gasteiger charge is -2.05. The number of phenolic OH excluding ortho intramolecular Hbond substituents is 1. The van der Waals surface area contributed by atoms with Crippen molar-refractivity contribution >= 4 is 27.7 Å². The molecule has 1 aromatic rings. The highest BCUT2D eigenvalue weighted by Gasteiger charge is 1.98. The van der Waals surface area contributed by atoms with Crippen LogP contribution < -0.4 is 5.32 Å². The van der Waals surface area contributed by atoms with E-state index in [1.807, 2.05) is 23.9 Å². The van der Waals surface area contributed by atoms with Crippen LogP contribution in [0.15, 0.2) is 22.7 Å². The first-order valence-electron chi connectivity index (χ1n) is 4.41. The summed E-state index contributed by atoms with van der Waals surface area (Å²) in [6.45, 7) is 1.86. The van der Waals surface area contributed by atoms with Crippen LogP contribution in [-0.2, 0) is 6.54 Å². The fourth-order valence-electron chi connectivity index (χ4n) is 1.07. The van der Waals surface area contributed by atoms with Gasteiger partial charge < -0.3 is 10.4 Å². The summed E-state index contributed by atoms with van der Waals surface area (Å²) < 4.78 is 0.752. The van der Waals surface area contributed by atoms with Crippen LogP contribution in [0.5, 0.6) is 5.75 Å². The first-order chi connectivity index (χ1) is 6.74. The van der Waals surface area contributed by atoms with Gasteiger partial charge in [0, 0.05) is 18.8 Å². The number of hydrogen-bond acceptors (Lipinski definition) is 3. The van der Waals surface area contributed by atoms with E-state index in [-0.39, 0.29) is 5.75 Å². The predicted octanol–water partition coefficient (Wildman–Crippen LogP) is 2.61. The first-order valence-corrected chi connectivity index (χ1v) is 6.60. The molecular formula is C10H14BrNOS. The van der Waals surface area contributed by atoms with Crippen molar-refractivity contribution in [2.75, 3.05) is 18.6 Å². The van der Waals surface area contributed by atoms with Gasteiger partial charge in [0.2, 0.25) is 0 Å². The van der Waals surface area contributed by atoms with Crippen LogP contribution >= 0.6 is 27.7 Å². The monoisotopic (exact) mass is 275 g/mol. The molecule has 1 rings (SSSR count). The molecule has 4 heteroatoms. The molecule has 0 atom stereocenters. The van der Waals surface area contributed by atoms with Gasteiger partial charge in [0.15, 0.2) is 0 Å². The molecule has 1 aromatic carbocycles. The number of aromatic hydroxyl groups is 1. The van der Waals surface area contributed by atoms with Gasteiger partial charge in [0.25, 0.3) is 0 Å². The Labute approximate surface area is 97.2 Å². The second-order valence-electron chi connectivity index (χ2n) is 2.96. The van der Waals surface area contributed by atoms with Crippen molar-refractivity contribution in [3.8, 4) is 5.75 Å². The minimum atomic E-state index is 0.290. The highest BCUT2D eigenvalue weighted by atomic mass is 79.9. The maximum atomic E-state index is 9.28. The largest absolute Gasteiger partial charge is 0.507 e. The van der Waals surface area contributed by atoms with Gasteiger partial charge in [-0.15, -0.1) is 0 Å². The zero-order valence-corrected chi connectivity index (χ0v) is 10.5. The molecule has 0 aliphatic rings. The van der Waals surface area contributed by atoms with Gasteiger partial charge in [-0.3, -0.25) is 0 Å². The number of nitrogens with one attached hydrogen (secondary N) is 1. The number of halogens is 1. The van der Waals surface area contributed by atoms with Crippen LogP contribution in [0.4, 0.5) is 0 Å². The summed E-state index contributed by atoms with van der Waals surface area (Å²) in [6, 6.07) is 5.56. The van der Waals surface area contributed by atoms with E-state index in [1.165, 1.54) is 5.56 Å². The lowest BCUT2D eigenvalue weighted by atomic mass is 10.2. The third-order valence-electron chi connectivity index (χ3n) is 1.82. The fraction of sp³-hybridized carbons (Fsp3) is 0.400. The Hall–Kier alpha value is -0.190. The van der Waals surface area contributed by atoms with Crippen LogP contribution in [0, 0.1) is 0 Å². The Morgan fingerprint density at radius 1 is 1.50 bits per heavy atom. The Morgan fingerprint density at radius 3 is 2.93 bits per heavy atom. The maximum Gasteiger partial charge on any atom is 0.129 e. The molecule has 0 aliphatic heterocycles. The smallest absolute Gasteiger partial charge is 0.129 e. The average Bonchev–Trinajstić information content (AvgIpc) is 2.18. The van der Waals surface area contributed by atoms with E-state index < -0.39 is 0 Å². The molecule has 0 radical (unpaired) electrons. The Balaban J connectivity index is 2.39. The molecule has 0 saturated carbocycles. The van der Waals surface area contributed by atoms with Crippen molar-refractivity contribution < 1.29 is 5.11 Å². The first kappa shape index (κ1) is 11.9. The van der Waals surface area contributed by atoms with Gasteiger partial charge in [-0.25, -0.2) is 0 Å². The normalized spacial score (nSPS) is 10.4.